The minimum Gasteiger partial charge on any atom is -0.445 e. The Morgan fingerprint density at radius 1 is 0.923 bits per heavy atom. The zero-order chi connectivity index (χ0) is 18.5. The topological polar surface area (TPSA) is 49.9 Å². The van der Waals surface area contributed by atoms with E-state index in [1.807, 2.05) is 30.3 Å². The molecule has 0 saturated carbocycles. The molecule has 3 rings (SSSR count). The molecule has 0 unspecified atom stereocenters. The predicted octanol–water partition coefficient (Wildman–Crippen LogP) is 3.06. The van der Waals surface area contributed by atoms with Crippen molar-refractivity contribution < 1.29 is 23.1 Å². The summed E-state index contributed by atoms with van der Waals surface area (Å²) in [5.41, 5.74) is 0.716. The number of halogens is 2. The van der Waals surface area contributed by atoms with Gasteiger partial charge in [-0.3, -0.25) is 4.79 Å². The first-order valence-corrected chi connectivity index (χ1v) is 8.24. The SMILES string of the molecule is O=C(OCc1ccccc1)N1CCN(C(=O)c2ccc(F)cc2F)CC1. The van der Waals surface area contributed by atoms with Gasteiger partial charge in [-0.15, -0.1) is 0 Å². The zero-order valence-electron chi connectivity index (χ0n) is 14.0. The highest BCUT2D eigenvalue weighted by molar-refractivity contribution is 5.94. The number of hydrogen-bond donors (Lipinski definition) is 0. The summed E-state index contributed by atoms with van der Waals surface area (Å²) in [5, 5.41) is 0. The lowest BCUT2D eigenvalue weighted by atomic mass is 10.1. The smallest absolute Gasteiger partial charge is 0.410 e. The van der Waals surface area contributed by atoms with E-state index in [9.17, 15) is 18.4 Å². The fourth-order valence-electron chi connectivity index (χ4n) is 2.74. The maximum atomic E-state index is 13.8. The van der Waals surface area contributed by atoms with Crippen molar-refractivity contribution in [3.63, 3.8) is 0 Å². The zero-order valence-corrected chi connectivity index (χ0v) is 14.0. The van der Waals surface area contributed by atoms with Crippen LogP contribution in [-0.4, -0.2) is 48.0 Å². The summed E-state index contributed by atoms with van der Waals surface area (Å²) in [6.07, 6.45) is -0.450. The second-order valence-electron chi connectivity index (χ2n) is 5.94. The van der Waals surface area contributed by atoms with Gasteiger partial charge in [0.1, 0.15) is 18.2 Å². The Morgan fingerprint density at radius 3 is 2.23 bits per heavy atom. The van der Waals surface area contributed by atoms with Crippen LogP contribution in [0.25, 0.3) is 0 Å². The standard InChI is InChI=1S/C19H18F2N2O3/c20-15-6-7-16(17(21)12-15)18(24)22-8-10-23(11-9-22)19(25)26-13-14-4-2-1-3-5-14/h1-7,12H,8-11,13H2. The van der Waals surface area contributed by atoms with Crippen molar-refractivity contribution in [1.82, 2.24) is 9.80 Å². The Balaban J connectivity index is 1.52. The van der Waals surface area contributed by atoms with Crippen LogP contribution in [-0.2, 0) is 11.3 Å². The quantitative estimate of drug-likeness (QED) is 0.845. The molecule has 2 aromatic rings. The summed E-state index contributed by atoms with van der Waals surface area (Å²) >= 11 is 0. The van der Waals surface area contributed by atoms with E-state index in [0.29, 0.717) is 19.2 Å². The van der Waals surface area contributed by atoms with Gasteiger partial charge in [-0.1, -0.05) is 30.3 Å². The molecule has 26 heavy (non-hydrogen) atoms. The molecule has 1 aliphatic heterocycles. The Kier molecular flexibility index (Phi) is 5.46. The lowest BCUT2D eigenvalue weighted by molar-refractivity contribution is 0.0540. The number of piperazine rings is 1. The molecule has 136 valence electrons. The number of nitrogens with zero attached hydrogens (tertiary/aromatic N) is 2. The molecule has 0 aliphatic carbocycles. The maximum absolute atomic E-state index is 13.8. The molecule has 7 heteroatoms. The molecular weight excluding hydrogens is 342 g/mol. The molecular formula is C19H18F2N2O3. The van der Waals surface area contributed by atoms with Gasteiger partial charge >= 0.3 is 6.09 Å². The van der Waals surface area contributed by atoms with Gasteiger partial charge in [-0.25, -0.2) is 13.6 Å². The Morgan fingerprint density at radius 2 is 1.58 bits per heavy atom. The normalized spacial score (nSPS) is 14.2. The van der Waals surface area contributed by atoms with Gasteiger partial charge in [0, 0.05) is 32.2 Å². The lowest BCUT2D eigenvalue weighted by Crippen LogP contribution is -2.50. The van der Waals surface area contributed by atoms with Crippen molar-refractivity contribution in [2.75, 3.05) is 26.2 Å². The van der Waals surface area contributed by atoms with Crippen LogP contribution in [0.2, 0.25) is 0 Å². The van der Waals surface area contributed by atoms with Gasteiger partial charge in [0.15, 0.2) is 0 Å². The molecule has 5 nitrogen and oxygen atoms in total. The molecule has 1 heterocycles. The number of benzene rings is 2. The number of amides is 2. The number of hydrogen-bond acceptors (Lipinski definition) is 3. The first kappa shape index (κ1) is 17.8. The minimum atomic E-state index is -0.889. The van der Waals surface area contributed by atoms with Crippen molar-refractivity contribution in [2.24, 2.45) is 0 Å². The van der Waals surface area contributed by atoms with Crippen molar-refractivity contribution in [2.45, 2.75) is 6.61 Å². The van der Waals surface area contributed by atoms with Gasteiger partial charge in [-0.05, 0) is 17.7 Å². The van der Waals surface area contributed by atoms with Gasteiger partial charge in [0.2, 0.25) is 0 Å². The maximum Gasteiger partial charge on any atom is 0.410 e. The van der Waals surface area contributed by atoms with E-state index in [1.54, 1.807) is 0 Å². The number of carbonyl (C=O) groups is 2. The molecule has 2 aromatic carbocycles. The third kappa shape index (κ3) is 4.17. The molecule has 0 spiro atoms. The highest BCUT2D eigenvalue weighted by Gasteiger charge is 2.27. The molecule has 0 N–H and O–H groups in total. The first-order valence-electron chi connectivity index (χ1n) is 8.24. The van der Waals surface area contributed by atoms with Crippen LogP contribution < -0.4 is 0 Å². The molecule has 0 atom stereocenters. The first-order chi connectivity index (χ1) is 12.5. The second-order valence-corrected chi connectivity index (χ2v) is 5.94. The Labute approximate surface area is 149 Å². The van der Waals surface area contributed by atoms with Crippen LogP contribution in [0.4, 0.5) is 13.6 Å². The average molecular weight is 360 g/mol. The summed E-state index contributed by atoms with van der Waals surface area (Å²) in [7, 11) is 0. The molecule has 1 saturated heterocycles. The van der Waals surface area contributed by atoms with E-state index in [1.165, 1.54) is 9.80 Å². The van der Waals surface area contributed by atoms with Gasteiger partial charge in [0.25, 0.3) is 5.91 Å². The molecule has 0 bridgehead atoms. The van der Waals surface area contributed by atoms with Crippen molar-refractivity contribution >= 4 is 12.0 Å². The fraction of sp³-hybridized carbons (Fsp3) is 0.263. The van der Waals surface area contributed by atoms with E-state index in [2.05, 4.69) is 0 Å². The average Bonchev–Trinajstić information content (AvgIpc) is 2.66. The van der Waals surface area contributed by atoms with Gasteiger partial charge < -0.3 is 14.5 Å². The Bertz CT molecular complexity index is 791. The van der Waals surface area contributed by atoms with Crippen LogP contribution in [0.3, 0.4) is 0 Å². The van der Waals surface area contributed by atoms with E-state index < -0.39 is 23.6 Å². The third-order valence-corrected chi connectivity index (χ3v) is 4.19. The summed E-state index contributed by atoms with van der Waals surface area (Å²) in [6.45, 7) is 1.29. The van der Waals surface area contributed by atoms with Crippen molar-refractivity contribution in [1.29, 1.82) is 0 Å². The van der Waals surface area contributed by atoms with E-state index in [0.717, 1.165) is 17.7 Å². The number of rotatable bonds is 3. The van der Waals surface area contributed by atoms with Crippen molar-refractivity contribution in [3.05, 3.63) is 71.3 Å². The van der Waals surface area contributed by atoms with Crippen LogP contribution in [0, 0.1) is 11.6 Å². The Hall–Kier alpha value is -2.96. The van der Waals surface area contributed by atoms with E-state index in [4.69, 9.17) is 4.74 Å². The van der Waals surface area contributed by atoms with Crippen LogP contribution >= 0.6 is 0 Å². The molecule has 0 aromatic heterocycles. The van der Waals surface area contributed by atoms with Crippen molar-refractivity contribution in [3.8, 4) is 0 Å². The molecule has 0 radical (unpaired) electrons. The summed E-state index contributed by atoms with van der Waals surface area (Å²) in [6, 6.07) is 12.2. The van der Waals surface area contributed by atoms with Gasteiger partial charge in [0.05, 0.1) is 5.56 Å². The largest absolute Gasteiger partial charge is 0.445 e. The van der Waals surface area contributed by atoms with Gasteiger partial charge in [-0.2, -0.15) is 0 Å². The minimum absolute atomic E-state index is 0.175. The number of ether oxygens (including phenoxy) is 1. The lowest BCUT2D eigenvalue weighted by Gasteiger charge is -2.34. The third-order valence-electron chi connectivity index (χ3n) is 4.19. The highest BCUT2D eigenvalue weighted by Crippen LogP contribution is 2.14. The summed E-state index contributed by atoms with van der Waals surface area (Å²) < 4.78 is 32.0. The summed E-state index contributed by atoms with van der Waals surface area (Å²) in [4.78, 5) is 27.4. The molecule has 1 fully saturated rings. The van der Waals surface area contributed by atoms with Crippen LogP contribution in [0.5, 0.6) is 0 Å². The van der Waals surface area contributed by atoms with Crippen LogP contribution in [0.1, 0.15) is 15.9 Å². The summed E-state index contributed by atoms with van der Waals surface area (Å²) in [5.74, 6) is -2.13. The number of carbonyl (C=O) groups excluding carboxylic acids is 2. The highest BCUT2D eigenvalue weighted by atomic mass is 19.1. The second kappa shape index (κ2) is 7.95. The van der Waals surface area contributed by atoms with Crippen LogP contribution in [0.15, 0.2) is 48.5 Å². The van der Waals surface area contributed by atoms with E-state index in [-0.39, 0.29) is 25.3 Å². The predicted molar refractivity (Wildman–Crippen MR) is 90.5 cm³/mol. The fourth-order valence-corrected chi connectivity index (χ4v) is 2.74. The van der Waals surface area contributed by atoms with E-state index >= 15 is 0 Å². The molecule has 1 aliphatic rings. The monoisotopic (exact) mass is 360 g/mol. The molecule has 2 amide bonds.